The van der Waals surface area contributed by atoms with Crippen LogP contribution in [-0.2, 0) is 13.1 Å². The number of benzene rings is 2. The maximum atomic E-state index is 6.13. The van der Waals surface area contributed by atoms with Crippen LogP contribution in [0.1, 0.15) is 18.1 Å². The van der Waals surface area contributed by atoms with Crippen molar-refractivity contribution in [2.45, 2.75) is 20.0 Å². The highest BCUT2D eigenvalue weighted by Gasteiger charge is 2.12. The second kappa shape index (κ2) is 9.57. The van der Waals surface area contributed by atoms with Crippen molar-refractivity contribution in [3.8, 4) is 11.5 Å². The molecule has 0 fully saturated rings. The van der Waals surface area contributed by atoms with Crippen molar-refractivity contribution in [3.63, 3.8) is 0 Å². The molecule has 0 unspecified atom stereocenters. The zero-order chi connectivity index (χ0) is 15.1. The largest absolute Gasteiger partial charge is 0.493 e. The Balaban J connectivity index is 0.00000242. The van der Waals surface area contributed by atoms with E-state index in [2.05, 4.69) is 17.4 Å². The van der Waals surface area contributed by atoms with E-state index in [0.29, 0.717) is 23.9 Å². The van der Waals surface area contributed by atoms with Crippen molar-refractivity contribution < 1.29 is 9.47 Å². The molecular formula is C17H21Cl2NO2. The third-order valence-electron chi connectivity index (χ3n) is 3.09. The van der Waals surface area contributed by atoms with Gasteiger partial charge in [-0.2, -0.15) is 0 Å². The van der Waals surface area contributed by atoms with Crippen molar-refractivity contribution in [2.75, 3.05) is 13.7 Å². The molecule has 0 amide bonds. The summed E-state index contributed by atoms with van der Waals surface area (Å²) in [4.78, 5) is 0. The molecule has 0 saturated heterocycles. The summed E-state index contributed by atoms with van der Waals surface area (Å²) >= 11 is 6.13. The maximum Gasteiger partial charge on any atom is 0.165 e. The minimum Gasteiger partial charge on any atom is -0.493 e. The Kier molecular flexibility index (Phi) is 8.10. The first-order valence-electron chi connectivity index (χ1n) is 6.98. The molecule has 1 N–H and O–H groups in total. The first kappa shape index (κ1) is 18.6. The standard InChI is InChI=1S/C17H20ClNO2.ClH/c1-3-21-17-14(9-15(18)10-16(17)20-2)12-19-11-13-7-5-4-6-8-13;/h4-10,19H,3,11-12H2,1-2H3;1H. The van der Waals surface area contributed by atoms with Crippen LogP contribution in [0.4, 0.5) is 0 Å². The average molecular weight is 342 g/mol. The molecule has 2 rings (SSSR count). The predicted octanol–water partition coefficient (Wildman–Crippen LogP) is 4.46. The van der Waals surface area contributed by atoms with Gasteiger partial charge >= 0.3 is 0 Å². The lowest BCUT2D eigenvalue weighted by Gasteiger charge is -2.15. The summed E-state index contributed by atoms with van der Waals surface area (Å²) < 4.78 is 11.0. The Morgan fingerprint density at radius 3 is 2.45 bits per heavy atom. The second-order valence-electron chi connectivity index (χ2n) is 4.62. The van der Waals surface area contributed by atoms with Gasteiger partial charge in [0.15, 0.2) is 11.5 Å². The van der Waals surface area contributed by atoms with Gasteiger partial charge in [0.05, 0.1) is 13.7 Å². The Morgan fingerprint density at radius 2 is 1.82 bits per heavy atom. The van der Waals surface area contributed by atoms with Crippen molar-refractivity contribution in [1.29, 1.82) is 0 Å². The van der Waals surface area contributed by atoms with Gasteiger partial charge in [0.1, 0.15) is 0 Å². The van der Waals surface area contributed by atoms with E-state index in [0.717, 1.165) is 17.9 Å². The minimum atomic E-state index is 0. The summed E-state index contributed by atoms with van der Waals surface area (Å²) in [7, 11) is 1.62. The van der Waals surface area contributed by atoms with E-state index in [4.69, 9.17) is 21.1 Å². The van der Waals surface area contributed by atoms with Crippen molar-refractivity contribution in [2.24, 2.45) is 0 Å². The Bertz CT molecular complexity index is 576. The molecule has 0 spiro atoms. The molecule has 0 bridgehead atoms. The fourth-order valence-electron chi connectivity index (χ4n) is 2.15. The molecule has 3 nitrogen and oxygen atoms in total. The van der Waals surface area contributed by atoms with Gasteiger partial charge < -0.3 is 14.8 Å². The summed E-state index contributed by atoms with van der Waals surface area (Å²) in [5.74, 6) is 1.42. The lowest BCUT2D eigenvalue weighted by Crippen LogP contribution is -2.14. The van der Waals surface area contributed by atoms with Gasteiger partial charge in [-0.05, 0) is 18.6 Å². The van der Waals surface area contributed by atoms with Crippen LogP contribution in [0, 0.1) is 0 Å². The zero-order valence-corrected chi connectivity index (χ0v) is 14.3. The van der Waals surface area contributed by atoms with E-state index in [1.807, 2.05) is 31.2 Å². The molecule has 2 aromatic carbocycles. The van der Waals surface area contributed by atoms with Gasteiger partial charge in [0, 0.05) is 29.7 Å². The van der Waals surface area contributed by atoms with E-state index >= 15 is 0 Å². The number of rotatable bonds is 7. The van der Waals surface area contributed by atoms with Crippen LogP contribution >= 0.6 is 24.0 Å². The number of ether oxygens (including phenoxy) is 2. The van der Waals surface area contributed by atoms with Crippen molar-refractivity contribution >= 4 is 24.0 Å². The van der Waals surface area contributed by atoms with Crippen LogP contribution in [-0.4, -0.2) is 13.7 Å². The summed E-state index contributed by atoms with van der Waals surface area (Å²) in [5, 5.41) is 4.05. The molecule has 0 aliphatic heterocycles. The molecule has 0 aliphatic rings. The Labute approximate surface area is 143 Å². The summed E-state index contributed by atoms with van der Waals surface area (Å²) in [6, 6.07) is 13.9. The Morgan fingerprint density at radius 1 is 1.09 bits per heavy atom. The summed E-state index contributed by atoms with van der Waals surface area (Å²) in [6.07, 6.45) is 0. The minimum absolute atomic E-state index is 0. The number of halogens is 2. The molecule has 0 aliphatic carbocycles. The smallest absolute Gasteiger partial charge is 0.165 e. The third-order valence-corrected chi connectivity index (χ3v) is 3.31. The third kappa shape index (κ3) is 5.09. The van der Waals surface area contributed by atoms with E-state index < -0.39 is 0 Å². The van der Waals surface area contributed by atoms with E-state index in [-0.39, 0.29) is 12.4 Å². The van der Waals surface area contributed by atoms with Gasteiger partial charge in [-0.1, -0.05) is 41.9 Å². The van der Waals surface area contributed by atoms with Crippen LogP contribution in [0.5, 0.6) is 11.5 Å². The Hall–Kier alpha value is -1.42. The van der Waals surface area contributed by atoms with Gasteiger partial charge in [-0.25, -0.2) is 0 Å². The monoisotopic (exact) mass is 341 g/mol. The molecule has 0 radical (unpaired) electrons. The molecular weight excluding hydrogens is 321 g/mol. The summed E-state index contributed by atoms with van der Waals surface area (Å²) in [5.41, 5.74) is 2.24. The maximum absolute atomic E-state index is 6.13. The van der Waals surface area contributed by atoms with Gasteiger partial charge in [0.25, 0.3) is 0 Å². The second-order valence-corrected chi connectivity index (χ2v) is 5.05. The van der Waals surface area contributed by atoms with Gasteiger partial charge in [-0.3, -0.25) is 0 Å². The average Bonchev–Trinajstić information content (AvgIpc) is 2.50. The molecule has 2 aromatic rings. The highest BCUT2D eigenvalue weighted by atomic mass is 35.5. The van der Waals surface area contributed by atoms with E-state index in [1.165, 1.54) is 5.56 Å². The highest BCUT2D eigenvalue weighted by molar-refractivity contribution is 6.30. The lowest BCUT2D eigenvalue weighted by atomic mass is 10.1. The fourth-order valence-corrected chi connectivity index (χ4v) is 2.38. The van der Waals surface area contributed by atoms with Crippen molar-refractivity contribution in [3.05, 3.63) is 58.6 Å². The molecule has 5 heteroatoms. The number of hydrogen-bond acceptors (Lipinski definition) is 3. The molecule has 0 heterocycles. The quantitative estimate of drug-likeness (QED) is 0.806. The van der Waals surface area contributed by atoms with E-state index in [1.54, 1.807) is 13.2 Å². The van der Waals surface area contributed by atoms with Crippen LogP contribution in [0.2, 0.25) is 5.02 Å². The van der Waals surface area contributed by atoms with Gasteiger partial charge in [-0.15, -0.1) is 12.4 Å². The number of nitrogens with one attached hydrogen (secondary N) is 1. The van der Waals surface area contributed by atoms with E-state index in [9.17, 15) is 0 Å². The first-order valence-corrected chi connectivity index (χ1v) is 7.36. The molecule has 22 heavy (non-hydrogen) atoms. The first-order chi connectivity index (χ1) is 10.2. The van der Waals surface area contributed by atoms with Crippen LogP contribution in [0.25, 0.3) is 0 Å². The molecule has 0 aromatic heterocycles. The number of hydrogen-bond donors (Lipinski definition) is 1. The summed E-state index contributed by atoms with van der Waals surface area (Å²) in [6.45, 7) is 4.00. The van der Waals surface area contributed by atoms with Crippen LogP contribution in [0.15, 0.2) is 42.5 Å². The lowest BCUT2D eigenvalue weighted by molar-refractivity contribution is 0.307. The highest BCUT2D eigenvalue weighted by Crippen LogP contribution is 2.34. The normalized spacial score (nSPS) is 9.95. The SMILES string of the molecule is CCOc1c(CNCc2ccccc2)cc(Cl)cc1OC.Cl. The zero-order valence-electron chi connectivity index (χ0n) is 12.8. The van der Waals surface area contributed by atoms with Crippen molar-refractivity contribution in [1.82, 2.24) is 5.32 Å². The number of methoxy groups -OCH3 is 1. The fraction of sp³-hybridized carbons (Fsp3) is 0.294. The predicted molar refractivity (Wildman–Crippen MR) is 93.4 cm³/mol. The van der Waals surface area contributed by atoms with Crippen LogP contribution < -0.4 is 14.8 Å². The topological polar surface area (TPSA) is 30.5 Å². The molecule has 0 atom stereocenters. The van der Waals surface area contributed by atoms with Crippen LogP contribution in [0.3, 0.4) is 0 Å². The van der Waals surface area contributed by atoms with Gasteiger partial charge in [0.2, 0.25) is 0 Å². The molecule has 120 valence electrons. The molecule has 0 saturated carbocycles.